The molecule has 0 aromatic carbocycles. The van der Waals surface area contributed by atoms with Crippen LogP contribution in [0.3, 0.4) is 0 Å². The number of hydrogen-bond acceptors (Lipinski definition) is 3. The number of hydrogen-bond donors (Lipinski definition) is 1. The van der Waals surface area contributed by atoms with E-state index in [4.69, 9.17) is 0 Å². The first-order valence-corrected chi connectivity index (χ1v) is 8.70. The summed E-state index contributed by atoms with van der Waals surface area (Å²) in [4.78, 5) is 17.5. The van der Waals surface area contributed by atoms with E-state index in [0.29, 0.717) is 23.8 Å². The van der Waals surface area contributed by atoms with Gasteiger partial charge in [0.25, 0.3) is 0 Å². The summed E-state index contributed by atoms with van der Waals surface area (Å²) in [7, 11) is 2.17. The molecule has 2 rings (SSSR count). The molecular weight excluding hydrogens is 262 g/mol. The van der Waals surface area contributed by atoms with Gasteiger partial charge in [-0.3, -0.25) is 10.1 Å². The lowest BCUT2D eigenvalue weighted by Crippen LogP contribution is -2.49. The molecule has 122 valence electrons. The second-order valence-corrected chi connectivity index (χ2v) is 7.46. The number of rotatable bonds is 5. The first-order valence-electron chi connectivity index (χ1n) is 8.70. The molecule has 3 unspecified atom stereocenters. The lowest BCUT2D eigenvalue weighted by molar-refractivity contribution is -0.134. The fourth-order valence-electron chi connectivity index (χ4n) is 3.65. The molecule has 1 N–H and O–H groups in total. The molecule has 2 saturated heterocycles. The van der Waals surface area contributed by atoms with Crippen LogP contribution < -0.4 is 5.32 Å². The van der Waals surface area contributed by atoms with E-state index < -0.39 is 0 Å². The van der Waals surface area contributed by atoms with Gasteiger partial charge in [-0.05, 0) is 51.2 Å². The van der Waals surface area contributed by atoms with E-state index in [0.717, 1.165) is 38.8 Å². The maximum Gasteiger partial charge on any atom is 0.241 e. The summed E-state index contributed by atoms with van der Waals surface area (Å²) in [5, 5.41) is 3.64. The quantitative estimate of drug-likeness (QED) is 0.845. The second kappa shape index (κ2) is 7.10. The Kier molecular flexibility index (Phi) is 5.67. The van der Waals surface area contributed by atoms with E-state index in [1.165, 1.54) is 0 Å². The summed E-state index contributed by atoms with van der Waals surface area (Å²) in [6, 6.07) is 0.456. The second-order valence-electron chi connectivity index (χ2n) is 7.46. The maximum atomic E-state index is 12.9. The molecular formula is C17H33N3O. The number of carbonyl (C=O) groups is 1. The van der Waals surface area contributed by atoms with Gasteiger partial charge in [-0.2, -0.15) is 0 Å². The molecule has 0 radical (unpaired) electrons. The minimum Gasteiger partial charge on any atom is -0.323 e. The Morgan fingerprint density at radius 2 is 1.86 bits per heavy atom. The van der Waals surface area contributed by atoms with Gasteiger partial charge in [0, 0.05) is 6.04 Å². The van der Waals surface area contributed by atoms with E-state index in [2.05, 4.69) is 49.9 Å². The number of nitrogens with zero attached hydrogens (tertiary/aromatic N) is 2. The van der Waals surface area contributed by atoms with Crippen molar-refractivity contribution >= 4 is 5.91 Å². The summed E-state index contributed by atoms with van der Waals surface area (Å²) in [5.41, 5.74) is 0. The van der Waals surface area contributed by atoms with Crippen molar-refractivity contribution in [2.45, 2.75) is 71.6 Å². The minimum absolute atomic E-state index is 0.0263. The Balaban J connectivity index is 2.11. The van der Waals surface area contributed by atoms with Crippen molar-refractivity contribution in [3.05, 3.63) is 0 Å². The van der Waals surface area contributed by atoms with Gasteiger partial charge in [-0.25, -0.2) is 0 Å². The van der Waals surface area contributed by atoms with Crippen LogP contribution in [0, 0.1) is 11.8 Å². The number of likely N-dealkylation sites (tertiary alicyclic amines) is 1. The fraction of sp³-hybridized carbons (Fsp3) is 0.941. The van der Waals surface area contributed by atoms with Crippen LogP contribution >= 0.6 is 0 Å². The van der Waals surface area contributed by atoms with Gasteiger partial charge >= 0.3 is 0 Å². The standard InChI is InChI=1S/C17H33N3O/c1-6-13(4)16-17(21)20(15(18-16)11-12(2)3)14-7-9-19(5)10-8-14/h12-16,18H,6-11H2,1-5H3. The Bertz CT molecular complexity index is 350. The Morgan fingerprint density at radius 3 is 2.38 bits per heavy atom. The average Bonchev–Trinajstić information content (AvgIpc) is 2.75. The van der Waals surface area contributed by atoms with Crippen LogP contribution in [-0.4, -0.2) is 54.1 Å². The van der Waals surface area contributed by atoms with Crippen LogP contribution in [0.2, 0.25) is 0 Å². The van der Waals surface area contributed by atoms with E-state index in [-0.39, 0.29) is 12.2 Å². The Labute approximate surface area is 130 Å². The molecule has 0 aliphatic carbocycles. The van der Waals surface area contributed by atoms with Crippen molar-refractivity contribution < 1.29 is 4.79 Å². The highest BCUT2D eigenvalue weighted by molar-refractivity contribution is 5.85. The molecule has 2 fully saturated rings. The van der Waals surface area contributed by atoms with E-state index in [9.17, 15) is 4.79 Å². The summed E-state index contributed by atoms with van der Waals surface area (Å²) in [6.07, 6.45) is 4.59. The van der Waals surface area contributed by atoms with Gasteiger partial charge in [0.1, 0.15) is 0 Å². The van der Waals surface area contributed by atoms with Crippen LogP contribution in [0.1, 0.15) is 53.4 Å². The van der Waals surface area contributed by atoms with Gasteiger partial charge in [0.2, 0.25) is 5.91 Å². The third-order valence-corrected chi connectivity index (χ3v) is 5.22. The summed E-state index contributed by atoms with van der Waals surface area (Å²) in [5.74, 6) is 1.38. The first kappa shape index (κ1) is 16.8. The van der Waals surface area contributed by atoms with Crippen LogP contribution in [0.15, 0.2) is 0 Å². The SMILES string of the molecule is CCC(C)C1NC(CC(C)C)N(C2CCN(C)CC2)C1=O. The Morgan fingerprint density at radius 1 is 1.24 bits per heavy atom. The predicted octanol–water partition coefficient (Wildman–Crippen LogP) is 2.30. The van der Waals surface area contributed by atoms with E-state index in [1.54, 1.807) is 0 Å². The normalized spacial score (nSPS) is 30.4. The highest BCUT2D eigenvalue weighted by Gasteiger charge is 2.44. The molecule has 2 aliphatic rings. The third-order valence-electron chi connectivity index (χ3n) is 5.22. The third kappa shape index (κ3) is 3.78. The van der Waals surface area contributed by atoms with Crippen LogP contribution in [0.5, 0.6) is 0 Å². The van der Waals surface area contributed by atoms with E-state index >= 15 is 0 Å². The zero-order valence-corrected chi connectivity index (χ0v) is 14.4. The topological polar surface area (TPSA) is 35.6 Å². The smallest absolute Gasteiger partial charge is 0.241 e. The van der Waals surface area contributed by atoms with Gasteiger partial charge in [-0.1, -0.05) is 34.1 Å². The van der Waals surface area contributed by atoms with E-state index in [1.807, 2.05) is 0 Å². The number of piperidine rings is 1. The molecule has 0 aromatic heterocycles. The predicted molar refractivity (Wildman–Crippen MR) is 87.0 cm³/mol. The summed E-state index contributed by atoms with van der Waals surface area (Å²) >= 11 is 0. The fourth-order valence-corrected chi connectivity index (χ4v) is 3.65. The van der Waals surface area contributed by atoms with Crippen LogP contribution in [0.4, 0.5) is 0 Å². The molecule has 2 heterocycles. The van der Waals surface area contributed by atoms with Crippen molar-refractivity contribution in [2.24, 2.45) is 11.8 Å². The number of carbonyl (C=O) groups excluding carboxylic acids is 1. The van der Waals surface area contributed by atoms with Crippen LogP contribution in [-0.2, 0) is 4.79 Å². The highest BCUT2D eigenvalue weighted by Crippen LogP contribution is 2.28. The molecule has 3 atom stereocenters. The van der Waals surface area contributed by atoms with Gasteiger partial charge in [-0.15, -0.1) is 0 Å². The van der Waals surface area contributed by atoms with Crippen molar-refractivity contribution in [2.75, 3.05) is 20.1 Å². The first-order chi connectivity index (χ1) is 9.93. The highest BCUT2D eigenvalue weighted by atomic mass is 16.2. The Hall–Kier alpha value is -0.610. The summed E-state index contributed by atoms with van der Waals surface area (Å²) in [6.45, 7) is 11.1. The van der Waals surface area contributed by atoms with Crippen molar-refractivity contribution in [1.29, 1.82) is 0 Å². The lowest BCUT2D eigenvalue weighted by atomic mass is 9.98. The molecule has 0 spiro atoms. The van der Waals surface area contributed by atoms with Crippen molar-refractivity contribution in [3.8, 4) is 0 Å². The molecule has 0 bridgehead atoms. The average molecular weight is 295 g/mol. The van der Waals surface area contributed by atoms with Gasteiger partial charge < -0.3 is 9.80 Å². The number of nitrogens with one attached hydrogen (secondary N) is 1. The molecule has 4 heteroatoms. The molecule has 4 nitrogen and oxygen atoms in total. The van der Waals surface area contributed by atoms with Gasteiger partial charge in [0.15, 0.2) is 0 Å². The molecule has 1 amide bonds. The molecule has 21 heavy (non-hydrogen) atoms. The van der Waals surface area contributed by atoms with Gasteiger partial charge in [0.05, 0.1) is 12.2 Å². The summed E-state index contributed by atoms with van der Waals surface area (Å²) < 4.78 is 0. The lowest BCUT2D eigenvalue weighted by Gasteiger charge is -2.38. The minimum atomic E-state index is 0.0263. The molecule has 0 aromatic rings. The van der Waals surface area contributed by atoms with Crippen molar-refractivity contribution in [1.82, 2.24) is 15.1 Å². The number of amides is 1. The van der Waals surface area contributed by atoms with Crippen molar-refractivity contribution in [3.63, 3.8) is 0 Å². The molecule has 2 aliphatic heterocycles. The van der Waals surface area contributed by atoms with Crippen LogP contribution in [0.25, 0.3) is 0 Å². The zero-order chi connectivity index (χ0) is 15.6. The monoisotopic (exact) mass is 295 g/mol. The maximum absolute atomic E-state index is 12.9. The molecule has 0 saturated carbocycles. The largest absolute Gasteiger partial charge is 0.323 e. The zero-order valence-electron chi connectivity index (χ0n) is 14.4.